The van der Waals surface area contributed by atoms with Crippen molar-refractivity contribution in [2.75, 3.05) is 0 Å². The van der Waals surface area contributed by atoms with Crippen molar-refractivity contribution in [3.63, 3.8) is 0 Å². The number of pyridine rings is 1. The van der Waals surface area contributed by atoms with E-state index in [1.54, 1.807) is 12.1 Å². The molecule has 0 spiro atoms. The van der Waals surface area contributed by atoms with Gasteiger partial charge in [-0.05, 0) is 75.6 Å². The summed E-state index contributed by atoms with van der Waals surface area (Å²) < 4.78 is 6.34. The summed E-state index contributed by atoms with van der Waals surface area (Å²) in [5.74, 6) is 0.386. The molecule has 1 aromatic heterocycles. The number of ether oxygens (including phenoxy) is 1. The van der Waals surface area contributed by atoms with E-state index in [1.165, 1.54) is 0 Å². The third-order valence-corrected chi connectivity index (χ3v) is 6.51. The van der Waals surface area contributed by atoms with Gasteiger partial charge in [0.2, 0.25) is 0 Å². The molecule has 33 heavy (non-hydrogen) atoms. The van der Waals surface area contributed by atoms with Crippen LogP contribution in [0.15, 0.2) is 35.1 Å². The Hall–Kier alpha value is -2.28. The van der Waals surface area contributed by atoms with Gasteiger partial charge in [0, 0.05) is 40.0 Å². The molecule has 178 valence electrons. The zero-order valence-electron chi connectivity index (χ0n) is 18.8. The number of fused-ring (bicyclic) bond motifs is 2. The van der Waals surface area contributed by atoms with Crippen LogP contribution < -0.4 is 21.3 Å². The Bertz CT molecular complexity index is 1090. The maximum atomic E-state index is 13.2. The molecule has 0 bridgehead atoms. The lowest BCUT2D eigenvalue weighted by Gasteiger charge is -2.28. The molecule has 2 aromatic rings. The number of benzene rings is 1. The van der Waals surface area contributed by atoms with E-state index >= 15 is 0 Å². The van der Waals surface area contributed by atoms with E-state index in [4.69, 9.17) is 22.1 Å². The molecule has 1 saturated carbocycles. The van der Waals surface area contributed by atoms with Crippen molar-refractivity contribution in [3.05, 3.63) is 73.7 Å². The summed E-state index contributed by atoms with van der Waals surface area (Å²) in [4.78, 5) is 28.5. The molecule has 0 radical (unpaired) electrons. The van der Waals surface area contributed by atoms with Gasteiger partial charge in [-0.15, -0.1) is 12.4 Å². The number of aromatic amines is 1. The van der Waals surface area contributed by atoms with Crippen molar-refractivity contribution in [1.82, 2.24) is 10.3 Å². The molecular weight excluding hydrogens is 461 g/mol. The monoisotopic (exact) mass is 491 g/mol. The van der Waals surface area contributed by atoms with Crippen LogP contribution in [0.1, 0.15) is 64.8 Å². The fourth-order valence-electron chi connectivity index (χ4n) is 4.54. The molecule has 2 heterocycles. The number of allylic oxidation sites excluding steroid dienone is 2. The molecule has 6 nitrogen and oxygen atoms in total. The fraction of sp³-hybridized carbons (Fsp3) is 0.440. The van der Waals surface area contributed by atoms with Gasteiger partial charge in [-0.1, -0.05) is 23.8 Å². The molecule has 1 aliphatic heterocycles. The number of halogens is 2. The summed E-state index contributed by atoms with van der Waals surface area (Å²) in [6, 6.07) is 5.69. The second-order valence-corrected chi connectivity index (χ2v) is 9.20. The molecule has 1 aliphatic carbocycles. The number of nitrogens with two attached hydrogens (primary N) is 1. The lowest BCUT2D eigenvalue weighted by molar-refractivity contribution is 0.0948. The summed E-state index contributed by atoms with van der Waals surface area (Å²) in [7, 11) is 0. The van der Waals surface area contributed by atoms with Gasteiger partial charge >= 0.3 is 0 Å². The van der Waals surface area contributed by atoms with Crippen LogP contribution in [-0.4, -0.2) is 23.0 Å². The van der Waals surface area contributed by atoms with E-state index in [0.717, 1.165) is 55.3 Å². The van der Waals surface area contributed by atoms with E-state index in [0.29, 0.717) is 28.3 Å². The highest BCUT2D eigenvalue weighted by Gasteiger charge is 2.23. The molecule has 0 saturated heterocycles. The average molecular weight is 492 g/mol. The van der Waals surface area contributed by atoms with Crippen LogP contribution in [0.3, 0.4) is 0 Å². The first kappa shape index (κ1) is 25.3. The second-order valence-electron chi connectivity index (χ2n) is 8.77. The number of hydrogen-bond acceptors (Lipinski definition) is 4. The quantitative estimate of drug-likeness (QED) is 0.542. The zero-order chi connectivity index (χ0) is 22.7. The third-order valence-electron chi connectivity index (χ3n) is 6.29. The molecule has 4 N–H and O–H groups in total. The standard InChI is InChI=1S/C25H30ClN3O3.ClH/c1-15-11-16-5-3-2-4-6-20-21(24(30)28-14-22(16)25(31)29-15)12-17(26)13-23(20)32-19-9-7-18(27)8-10-19;/h2,4,11-13,18-19H,3,5-10,14,27H2,1H3,(H,28,30)(H,29,31);1H. The van der Waals surface area contributed by atoms with Crippen LogP contribution in [0, 0.1) is 6.92 Å². The number of aromatic nitrogens is 1. The number of nitrogens with one attached hydrogen (secondary N) is 2. The van der Waals surface area contributed by atoms with Crippen molar-refractivity contribution in [1.29, 1.82) is 0 Å². The van der Waals surface area contributed by atoms with Gasteiger partial charge < -0.3 is 20.8 Å². The van der Waals surface area contributed by atoms with Crippen molar-refractivity contribution < 1.29 is 9.53 Å². The molecule has 0 unspecified atom stereocenters. The summed E-state index contributed by atoms with van der Waals surface area (Å²) >= 11 is 6.38. The Morgan fingerprint density at radius 3 is 2.58 bits per heavy atom. The maximum absolute atomic E-state index is 13.2. The summed E-state index contributed by atoms with van der Waals surface area (Å²) in [5, 5.41) is 3.37. The third kappa shape index (κ3) is 6.19. The normalized spacial score (nSPS) is 20.9. The Labute approximate surface area is 205 Å². The van der Waals surface area contributed by atoms with Gasteiger partial charge in [-0.3, -0.25) is 9.59 Å². The first-order chi connectivity index (χ1) is 15.4. The van der Waals surface area contributed by atoms with Gasteiger partial charge in [-0.25, -0.2) is 0 Å². The molecule has 4 rings (SSSR count). The molecule has 1 amide bonds. The van der Waals surface area contributed by atoms with Crippen LogP contribution in [0.2, 0.25) is 5.02 Å². The lowest BCUT2D eigenvalue weighted by Crippen LogP contribution is -2.32. The van der Waals surface area contributed by atoms with Crippen molar-refractivity contribution in [2.24, 2.45) is 5.73 Å². The Morgan fingerprint density at radius 1 is 1.06 bits per heavy atom. The van der Waals surface area contributed by atoms with Gasteiger partial charge in [0.1, 0.15) is 5.75 Å². The highest BCUT2D eigenvalue weighted by atomic mass is 35.5. The predicted octanol–water partition coefficient (Wildman–Crippen LogP) is 4.38. The minimum absolute atomic E-state index is 0. The van der Waals surface area contributed by atoms with Crippen LogP contribution in [-0.2, 0) is 19.4 Å². The van der Waals surface area contributed by atoms with Crippen molar-refractivity contribution >= 4 is 29.9 Å². The van der Waals surface area contributed by atoms with Crippen molar-refractivity contribution in [2.45, 2.75) is 70.6 Å². The van der Waals surface area contributed by atoms with Crippen LogP contribution in [0.25, 0.3) is 0 Å². The molecule has 0 atom stereocenters. The highest BCUT2D eigenvalue weighted by molar-refractivity contribution is 6.31. The van der Waals surface area contributed by atoms with Gasteiger partial charge in [0.05, 0.1) is 6.10 Å². The summed E-state index contributed by atoms with van der Waals surface area (Å²) in [6.07, 6.45) is 10.00. The van der Waals surface area contributed by atoms with Crippen molar-refractivity contribution in [3.8, 4) is 5.75 Å². The fourth-order valence-corrected chi connectivity index (χ4v) is 4.75. The molecule has 1 fully saturated rings. The smallest absolute Gasteiger partial charge is 0.253 e. The number of H-pyrrole nitrogens is 1. The molecule has 8 heteroatoms. The van der Waals surface area contributed by atoms with E-state index in [2.05, 4.69) is 22.5 Å². The number of carbonyl (C=O) groups is 1. The Balaban J connectivity index is 0.00000306. The SMILES string of the molecule is Cc1cc2c(c(=O)[nH]1)CNC(=O)c1cc(Cl)cc(OC3CCC(N)CC3)c1CC=CCC2.Cl. The van der Waals surface area contributed by atoms with Crippen LogP contribution >= 0.6 is 24.0 Å². The minimum atomic E-state index is -0.266. The Morgan fingerprint density at radius 2 is 1.82 bits per heavy atom. The number of aryl methyl sites for hydroxylation is 2. The second kappa shape index (κ2) is 11.2. The predicted molar refractivity (Wildman–Crippen MR) is 134 cm³/mol. The molecular formula is C25H31Cl2N3O3. The van der Waals surface area contributed by atoms with Gasteiger partial charge in [0.25, 0.3) is 11.5 Å². The molecule has 2 aliphatic rings. The molecule has 1 aromatic carbocycles. The topological polar surface area (TPSA) is 97.2 Å². The first-order valence-electron chi connectivity index (χ1n) is 11.3. The lowest BCUT2D eigenvalue weighted by atomic mass is 9.93. The number of carbonyl (C=O) groups excluding carboxylic acids is 1. The first-order valence-corrected chi connectivity index (χ1v) is 11.7. The number of rotatable bonds is 2. The zero-order valence-corrected chi connectivity index (χ0v) is 20.4. The van der Waals surface area contributed by atoms with Crippen LogP contribution in [0.5, 0.6) is 5.75 Å². The van der Waals surface area contributed by atoms with E-state index < -0.39 is 0 Å². The number of amides is 1. The average Bonchev–Trinajstić information content (AvgIpc) is 2.74. The summed E-state index contributed by atoms with van der Waals surface area (Å²) in [5.41, 5.74) is 9.54. The van der Waals surface area contributed by atoms with E-state index in [9.17, 15) is 9.59 Å². The van der Waals surface area contributed by atoms with Gasteiger partial charge in [-0.2, -0.15) is 0 Å². The van der Waals surface area contributed by atoms with E-state index in [1.807, 2.05) is 13.0 Å². The Kier molecular flexibility index (Phi) is 8.63. The number of hydrogen-bond donors (Lipinski definition) is 3. The largest absolute Gasteiger partial charge is 0.490 e. The summed E-state index contributed by atoms with van der Waals surface area (Å²) in [6.45, 7) is 2.03. The van der Waals surface area contributed by atoms with Gasteiger partial charge in [0.15, 0.2) is 0 Å². The minimum Gasteiger partial charge on any atom is -0.490 e. The van der Waals surface area contributed by atoms with Crippen LogP contribution in [0.4, 0.5) is 0 Å². The highest BCUT2D eigenvalue weighted by Crippen LogP contribution is 2.32. The van der Waals surface area contributed by atoms with E-state index in [-0.39, 0.29) is 42.6 Å². The maximum Gasteiger partial charge on any atom is 0.253 e.